The molecule has 3 N–H and O–H groups in total. The van der Waals surface area contributed by atoms with Crippen LogP contribution in [0.2, 0.25) is 0 Å². The van der Waals surface area contributed by atoms with Gasteiger partial charge in [0.25, 0.3) is 0 Å². The van der Waals surface area contributed by atoms with Gasteiger partial charge in [0.1, 0.15) is 5.60 Å². The maximum absolute atomic E-state index is 11.4. The number of carbonyl (C=O) groups is 1. The maximum Gasteiger partial charge on any atom is 0.408 e. The van der Waals surface area contributed by atoms with E-state index in [1.807, 2.05) is 45.9 Å². The topological polar surface area (TPSA) is 64.3 Å². The molecule has 0 saturated heterocycles. The summed E-state index contributed by atoms with van der Waals surface area (Å²) in [5, 5.41) is 2.59. The van der Waals surface area contributed by atoms with Crippen molar-refractivity contribution >= 4 is 11.8 Å². The first kappa shape index (κ1) is 15.9. The first-order valence-electron chi connectivity index (χ1n) is 6.66. The fourth-order valence-electron chi connectivity index (χ4n) is 1.57. The molecule has 0 fully saturated rings. The zero-order chi connectivity index (χ0) is 15.2. The van der Waals surface area contributed by atoms with Crippen LogP contribution in [-0.2, 0) is 11.2 Å². The molecule has 0 heterocycles. The average molecular weight is 274 g/mol. The van der Waals surface area contributed by atoms with Crippen LogP contribution in [0.25, 0.3) is 0 Å². The van der Waals surface area contributed by atoms with E-state index in [4.69, 9.17) is 10.5 Å². The van der Waals surface area contributed by atoms with Gasteiger partial charge in [-0.05, 0) is 51.0 Å². The Hall–Kier alpha value is -2.15. The fraction of sp³-hybridized carbons (Fsp3) is 0.438. The summed E-state index contributed by atoms with van der Waals surface area (Å²) in [5.41, 5.74) is 8.09. The number of amides is 1. The van der Waals surface area contributed by atoms with Gasteiger partial charge in [0, 0.05) is 11.3 Å². The lowest BCUT2D eigenvalue weighted by Crippen LogP contribution is -2.32. The number of benzene rings is 1. The van der Waals surface area contributed by atoms with Crippen LogP contribution >= 0.6 is 0 Å². The monoisotopic (exact) mass is 274 g/mol. The van der Waals surface area contributed by atoms with E-state index in [-0.39, 0.29) is 6.54 Å². The van der Waals surface area contributed by atoms with Gasteiger partial charge in [0.05, 0.1) is 6.54 Å². The van der Waals surface area contributed by atoms with Crippen LogP contribution in [0.3, 0.4) is 0 Å². The first-order chi connectivity index (χ1) is 9.31. The van der Waals surface area contributed by atoms with Crippen LogP contribution in [0.5, 0.6) is 0 Å². The van der Waals surface area contributed by atoms with Crippen molar-refractivity contribution in [1.82, 2.24) is 5.32 Å². The van der Waals surface area contributed by atoms with E-state index in [0.717, 1.165) is 23.2 Å². The summed E-state index contributed by atoms with van der Waals surface area (Å²) >= 11 is 0. The molecule has 1 aromatic carbocycles. The standard InChI is InChI=1S/C16H22N2O2/c1-5-13-11-12(8-9-14(13)17)7-6-10-18-15(19)20-16(2,3)4/h8-9,11H,5,10,17H2,1-4H3,(H,18,19). The van der Waals surface area contributed by atoms with Gasteiger partial charge in [-0.2, -0.15) is 0 Å². The van der Waals surface area contributed by atoms with Crippen molar-refractivity contribution in [3.05, 3.63) is 29.3 Å². The van der Waals surface area contributed by atoms with Crippen LogP contribution in [-0.4, -0.2) is 18.2 Å². The van der Waals surface area contributed by atoms with Crippen molar-refractivity contribution in [3.63, 3.8) is 0 Å². The van der Waals surface area contributed by atoms with Gasteiger partial charge in [0.2, 0.25) is 0 Å². The molecule has 1 rings (SSSR count). The SMILES string of the molecule is CCc1cc(C#CCNC(=O)OC(C)(C)C)ccc1N. The maximum atomic E-state index is 11.4. The van der Waals surface area contributed by atoms with E-state index in [0.29, 0.717) is 0 Å². The predicted octanol–water partition coefficient (Wildman–Crippen LogP) is 2.71. The van der Waals surface area contributed by atoms with Crippen molar-refractivity contribution in [1.29, 1.82) is 0 Å². The number of hydrogen-bond donors (Lipinski definition) is 2. The van der Waals surface area contributed by atoms with Crippen molar-refractivity contribution in [2.45, 2.75) is 39.7 Å². The second-order valence-corrected chi connectivity index (χ2v) is 5.42. The van der Waals surface area contributed by atoms with Gasteiger partial charge in [0.15, 0.2) is 0 Å². The highest BCUT2D eigenvalue weighted by Gasteiger charge is 2.14. The number of anilines is 1. The molecular weight excluding hydrogens is 252 g/mol. The summed E-state index contributed by atoms with van der Waals surface area (Å²) in [6, 6.07) is 5.69. The normalized spacial score (nSPS) is 10.4. The lowest BCUT2D eigenvalue weighted by molar-refractivity contribution is 0.0535. The molecule has 1 amide bonds. The molecule has 0 bridgehead atoms. The molecule has 0 spiro atoms. The highest BCUT2D eigenvalue weighted by Crippen LogP contribution is 2.13. The van der Waals surface area contributed by atoms with Gasteiger partial charge >= 0.3 is 6.09 Å². The number of aryl methyl sites for hydroxylation is 1. The molecule has 20 heavy (non-hydrogen) atoms. The molecule has 108 valence electrons. The van der Waals surface area contributed by atoms with Gasteiger partial charge in [-0.15, -0.1) is 0 Å². The van der Waals surface area contributed by atoms with Gasteiger partial charge < -0.3 is 15.8 Å². The Kier molecular flexibility index (Phi) is 5.45. The predicted molar refractivity (Wildman–Crippen MR) is 81.3 cm³/mol. The number of nitrogens with two attached hydrogens (primary N) is 1. The Balaban J connectivity index is 2.53. The molecule has 0 unspecified atom stereocenters. The second kappa shape index (κ2) is 6.85. The second-order valence-electron chi connectivity index (χ2n) is 5.42. The summed E-state index contributed by atoms with van der Waals surface area (Å²) in [7, 11) is 0. The molecule has 0 radical (unpaired) electrons. The number of ether oxygens (including phenoxy) is 1. The first-order valence-corrected chi connectivity index (χ1v) is 6.66. The van der Waals surface area contributed by atoms with Gasteiger partial charge in [-0.1, -0.05) is 18.8 Å². The zero-order valence-electron chi connectivity index (χ0n) is 12.5. The van der Waals surface area contributed by atoms with Crippen LogP contribution < -0.4 is 11.1 Å². The largest absolute Gasteiger partial charge is 0.444 e. The molecule has 4 heteroatoms. The number of nitrogens with one attached hydrogen (secondary N) is 1. The number of alkyl carbamates (subject to hydrolysis) is 1. The van der Waals surface area contributed by atoms with E-state index >= 15 is 0 Å². The smallest absolute Gasteiger partial charge is 0.408 e. The van der Waals surface area contributed by atoms with Gasteiger partial charge in [-0.25, -0.2) is 4.79 Å². The molecule has 0 aliphatic rings. The molecule has 0 saturated carbocycles. The Morgan fingerprint density at radius 1 is 1.40 bits per heavy atom. The minimum Gasteiger partial charge on any atom is -0.444 e. The van der Waals surface area contributed by atoms with Crippen LogP contribution in [0.4, 0.5) is 10.5 Å². The lowest BCUT2D eigenvalue weighted by atomic mass is 10.1. The lowest BCUT2D eigenvalue weighted by Gasteiger charge is -2.19. The quantitative estimate of drug-likeness (QED) is 0.644. The Morgan fingerprint density at radius 3 is 2.70 bits per heavy atom. The fourth-order valence-corrected chi connectivity index (χ4v) is 1.57. The third-order valence-electron chi connectivity index (χ3n) is 2.48. The van der Waals surface area contributed by atoms with Crippen LogP contribution in [0.1, 0.15) is 38.8 Å². The number of rotatable bonds is 2. The highest BCUT2D eigenvalue weighted by molar-refractivity contribution is 5.68. The van der Waals surface area contributed by atoms with Crippen molar-refractivity contribution in [2.75, 3.05) is 12.3 Å². The van der Waals surface area contributed by atoms with Crippen molar-refractivity contribution in [3.8, 4) is 11.8 Å². The minimum atomic E-state index is -0.496. The Morgan fingerprint density at radius 2 is 2.10 bits per heavy atom. The third-order valence-corrected chi connectivity index (χ3v) is 2.48. The van der Waals surface area contributed by atoms with Gasteiger partial charge in [-0.3, -0.25) is 0 Å². The summed E-state index contributed by atoms with van der Waals surface area (Å²) in [4.78, 5) is 11.4. The number of carbonyl (C=O) groups excluding carboxylic acids is 1. The summed E-state index contributed by atoms with van der Waals surface area (Å²) < 4.78 is 5.11. The Labute approximate surface area is 120 Å². The van der Waals surface area contributed by atoms with E-state index in [1.165, 1.54) is 0 Å². The molecule has 1 aromatic rings. The van der Waals surface area contributed by atoms with Crippen LogP contribution in [0.15, 0.2) is 18.2 Å². The van der Waals surface area contributed by atoms with E-state index < -0.39 is 11.7 Å². The van der Waals surface area contributed by atoms with Crippen molar-refractivity contribution in [2.24, 2.45) is 0 Å². The molecule has 4 nitrogen and oxygen atoms in total. The number of hydrogen-bond acceptors (Lipinski definition) is 3. The summed E-state index contributed by atoms with van der Waals surface area (Å²) in [6.07, 6.45) is 0.413. The average Bonchev–Trinajstić information content (AvgIpc) is 2.34. The molecule has 0 aliphatic heterocycles. The minimum absolute atomic E-state index is 0.251. The van der Waals surface area contributed by atoms with Crippen LogP contribution in [0, 0.1) is 11.8 Å². The Bertz CT molecular complexity index is 534. The summed E-state index contributed by atoms with van der Waals surface area (Å²) in [5.74, 6) is 5.88. The number of nitrogen functional groups attached to an aromatic ring is 1. The summed E-state index contributed by atoms with van der Waals surface area (Å²) in [6.45, 7) is 7.75. The molecule has 0 aliphatic carbocycles. The third kappa shape index (κ3) is 5.66. The highest BCUT2D eigenvalue weighted by atomic mass is 16.6. The molecule has 0 aromatic heterocycles. The van der Waals surface area contributed by atoms with E-state index in [2.05, 4.69) is 17.2 Å². The molecular formula is C16H22N2O2. The van der Waals surface area contributed by atoms with Crippen molar-refractivity contribution < 1.29 is 9.53 Å². The van der Waals surface area contributed by atoms with E-state index in [1.54, 1.807) is 0 Å². The van der Waals surface area contributed by atoms with E-state index in [9.17, 15) is 4.79 Å². The zero-order valence-corrected chi connectivity index (χ0v) is 12.5. The molecule has 0 atom stereocenters.